The van der Waals surface area contributed by atoms with Crippen molar-refractivity contribution in [3.05, 3.63) is 35.1 Å². The molecule has 0 fully saturated rings. The van der Waals surface area contributed by atoms with Gasteiger partial charge in [-0.2, -0.15) is 0 Å². The average Bonchev–Trinajstić information content (AvgIpc) is 2.29. The lowest BCUT2D eigenvalue weighted by Crippen LogP contribution is -2.10. The van der Waals surface area contributed by atoms with Crippen molar-refractivity contribution in [2.75, 3.05) is 7.05 Å². The van der Waals surface area contributed by atoms with E-state index in [0.29, 0.717) is 11.8 Å². The molecule has 0 aromatic rings. The Labute approximate surface area is 105 Å². The molecule has 1 rings (SSSR count). The minimum Gasteiger partial charge on any atom is -0.288 e. The molecule has 0 atom stereocenters. The molecule has 0 bridgehead atoms. The predicted octanol–water partition coefficient (Wildman–Crippen LogP) is 3.82. The second kappa shape index (κ2) is 5.76. The fourth-order valence-electron chi connectivity index (χ4n) is 1.89. The third-order valence-electron chi connectivity index (χ3n) is 2.92. The second-order valence-corrected chi connectivity index (χ2v) is 4.85. The maximum Gasteiger partial charge on any atom is 0.0664 e. The zero-order valence-corrected chi connectivity index (χ0v) is 11.5. The molecule has 0 aliphatic heterocycles. The number of aliphatic imine (C=N–C) groups is 2. The molecule has 1 aliphatic carbocycles. The normalized spacial score (nSPS) is 21.1. The third kappa shape index (κ3) is 3.02. The molecule has 0 radical (unpaired) electrons. The summed E-state index contributed by atoms with van der Waals surface area (Å²) in [6.45, 7) is 12.3. The van der Waals surface area contributed by atoms with Gasteiger partial charge in [0.05, 0.1) is 11.4 Å². The third-order valence-corrected chi connectivity index (χ3v) is 2.92. The minimum absolute atomic E-state index is 0.359. The zero-order valence-electron chi connectivity index (χ0n) is 11.5. The first-order valence-corrected chi connectivity index (χ1v) is 6.09. The van der Waals surface area contributed by atoms with Crippen molar-refractivity contribution in [2.45, 2.75) is 27.7 Å². The summed E-state index contributed by atoms with van der Waals surface area (Å²) in [7, 11) is 1.82. The van der Waals surface area contributed by atoms with Crippen LogP contribution in [0, 0.1) is 11.8 Å². The highest BCUT2D eigenvalue weighted by Crippen LogP contribution is 2.25. The topological polar surface area (TPSA) is 24.7 Å². The quantitative estimate of drug-likeness (QED) is 0.658. The molecule has 2 heteroatoms. The summed E-state index contributed by atoms with van der Waals surface area (Å²) in [5.74, 6) is 0.877. The summed E-state index contributed by atoms with van der Waals surface area (Å²) in [6, 6.07) is 0. The number of allylic oxidation sites excluding steroid dienone is 6. The van der Waals surface area contributed by atoms with Gasteiger partial charge in [0.25, 0.3) is 0 Å². The molecule has 0 aromatic heterocycles. The van der Waals surface area contributed by atoms with Crippen molar-refractivity contribution in [1.82, 2.24) is 0 Å². The van der Waals surface area contributed by atoms with Gasteiger partial charge in [-0.25, -0.2) is 0 Å². The zero-order chi connectivity index (χ0) is 13.0. The highest BCUT2D eigenvalue weighted by molar-refractivity contribution is 6.12. The lowest BCUT2D eigenvalue weighted by molar-refractivity contribution is 0.755. The summed E-state index contributed by atoms with van der Waals surface area (Å²) < 4.78 is 0. The SMILES string of the molecule is C=N/C(=C1/C=CC(C(C)C)=C/C1=N/C)C(C)C. The molecule has 1 aliphatic rings. The number of nitrogens with zero attached hydrogens (tertiary/aromatic N) is 2. The van der Waals surface area contributed by atoms with Gasteiger partial charge in [0.2, 0.25) is 0 Å². The molecule has 0 N–H and O–H groups in total. The highest BCUT2D eigenvalue weighted by Gasteiger charge is 2.15. The van der Waals surface area contributed by atoms with Crippen molar-refractivity contribution in [3.8, 4) is 0 Å². The van der Waals surface area contributed by atoms with E-state index in [-0.39, 0.29) is 0 Å². The lowest BCUT2D eigenvalue weighted by atomic mass is 9.90. The van der Waals surface area contributed by atoms with Crippen molar-refractivity contribution < 1.29 is 0 Å². The largest absolute Gasteiger partial charge is 0.288 e. The monoisotopic (exact) mass is 230 g/mol. The summed E-state index contributed by atoms with van der Waals surface area (Å²) in [6.07, 6.45) is 6.41. The van der Waals surface area contributed by atoms with Gasteiger partial charge in [-0.05, 0) is 30.2 Å². The molecule has 0 saturated carbocycles. The van der Waals surface area contributed by atoms with E-state index in [1.54, 1.807) is 0 Å². The van der Waals surface area contributed by atoms with Crippen LogP contribution < -0.4 is 0 Å². The summed E-state index contributed by atoms with van der Waals surface area (Å²) in [5, 5.41) is 0. The average molecular weight is 230 g/mol. The predicted molar refractivity (Wildman–Crippen MR) is 76.8 cm³/mol. The lowest BCUT2D eigenvalue weighted by Gasteiger charge is -2.17. The fourth-order valence-corrected chi connectivity index (χ4v) is 1.89. The Morgan fingerprint density at radius 3 is 2.24 bits per heavy atom. The van der Waals surface area contributed by atoms with Crippen molar-refractivity contribution >= 4 is 12.4 Å². The highest BCUT2D eigenvalue weighted by atomic mass is 14.7. The number of rotatable bonds is 3. The van der Waals surface area contributed by atoms with Crippen LogP contribution in [0.3, 0.4) is 0 Å². The van der Waals surface area contributed by atoms with E-state index in [9.17, 15) is 0 Å². The van der Waals surface area contributed by atoms with Gasteiger partial charge < -0.3 is 0 Å². The molecule has 0 aromatic carbocycles. The molecule has 0 heterocycles. The van der Waals surface area contributed by atoms with E-state index in [1.165, 1.54) is 5.57 Å². The Bertz CT molecular complexity index is 418. The van der Waals surface area contributed by atoms with E-state index in [1.807, 2.05) is 7.05 Å². The van der Waals surface area contributed by atoms with Crippen molar-refractivity contribution in [1.29, 1.82) is 0 Å². The summed E-state index contributed by atoms with van der Waals surface area (Å²) >= 11 is 0. The molecule has 0 amide bonds. The van der Waals surface area contributed by atoms with Crippen molar-refractivity contribution in [2.24, 2.45) is 21.8 Å². The van der Waals surface area contributed by atoms with Crippen LogP contribution in [0.15, 0.2) is 45.1 Å². The van der Waals surface area contributed by atoms with Crippen LogP contribution in [0.25, 0.3) is 0 Å². The van der Waals surface area contributed by atoms with Gasteiger partial charge >= 0.3 is 0 Å². The standard InChI is InChI=1S/C15H22N2/c1-10(2)12-7-8-13(14(9-12)16-5)15(17-6)11(3)4/h7-11H,6H2,1-5H3/b15-13-,16-14-. The first-order chi connectivity index (χ1) is 8.01. The van der Waals surface area contributed by atoms with Gasteiger partial charge in [-0.3, -0.25) is 9.98 Å². The first kappa shape index (κ1) is 13.6. The smallest absolute Gasteiger partial charge is 0.0664 e. The summed E-state index contributed by atoms with van der Waals surface area (Å²) in [4.78, 5) is 8.50. The van der Waals surface area contributed by atoms with Gasteiger partial charge in [0, 0.05) is 12.6 Å². The molecule has 0 unspecified atom stereocenters. The Kier molecular flexibility index (Phi) is 4.62. The molecule has 92 valence electrons. The van der Waals surface area contributed by atoms with E-state index in [2.05, 4.69) is 62.6 Å². The van der Waals surface area contributed by atoms with Crippen LogP contribution in [0.5, 0.6) is 0 Å². The van der Waals surface area contributed by atoms with Gasteiger partial charge in [0.15, 0.2) is 0 Å². The van der Waals surface area contributed by atoms with Crippen LogP contribution in [0.2, 0.25) is 0 Å². The molecule has 0 saturated heterocycles. The Balaban J connectivity index is 3.25. The fraction of sp³-hybridized carbons (Fsp3) is 0.467. The maximum atomic E-state index is 4.36. The maximum absolute atomic E-state index is 4.36. The Hall–Kier alpha value is -1.44. The van der Waals surface area contributed by atoms with Gasteiger partial charge in [-0.15, -0.1) is 0 Å². The van der Waals surface area contributed by atoms with E-state index in [0.717, 1.165) is 17.0 Å². The number of hydrogen-bond donors (Lipinski definition) is 0. The first-order valence-electron chi connectivity index (χ1n) is 6.09. The van der Waals surface area contributed by atoms with Crippen LogP contribution in [0.4, 0.5) is 0 Å². The van der Waals surface area contributed by atoms with Crippen molar-refractivity contribution in [3.63, 3.8) is 0 Å². The van der Waals surface area contributed by atoms with E-state index < -0.39 is 0 Å². The molecular formula is C15H22N2. The van der Waals surface area contributed by atoms with Crippen LogP contribution >= 0.6 is 0 Å². The Morgan fingerprint density at radius 1 is 1.18 bits per heavy atom. The summed E-state index contributed by atoms with van der Waals surface area (Å²) in [5.41, 5.74) is 4.43. The van der Waals surface area contributed by atoms with E-state index in [4.69, 9.17) is 0 Å². The number of hydrogen-bond acceptors (Lipinski definition) is 2. The minimum atomic E-state index is 0.359. The van der Waals surface area contributed by atoms with Crippen LogP contribution in [-0.2, 0) is 0 Å². The second-order valence-electron chi connectivity index (χ2n) is 4.85. The molecular weight excluding hydrogens is 208 g/mol. The van der Waals surface area contributed by atoms with Gasteiger partial charge in [-0.1, -0.05) is 39.8 Å². The Morgan fingerprint density at radius 2 is 1.82 bits per heavy atom. The van der Waals surface area contributed by atoms with Crippen LogP contribution in [0.1, 0.15) is 27.7 Å². The van der Waals surface area contributed by atoms with E-state index >= 15 is 0 Å². The van der Waals surface area contributed by atoms with Gasteiger partial charge in [0.1, 0.15) is 0 Å². The molecule has 17 heavy (non-hydrogen) atoms. The molecule has 2 nitrogen and oxygen atoms in total. The van der Waals surface area contributed by atoms with Crippen LogP contribution in [-0.4, -0.2) is 19.5 Å². The molecule has 0 spiro atoms.